The van der Waals surface area contributed by atoms with Crippen LogP contribution in [-0.2, 0) is 11.3 Å². The van der Waals surface area contributed by atoms with Crippen molar-refractivity contribution < 1.29 is 19.4 Å². The first-order valence-corrected chi connectivity index (χ1v) is 11.4. The van der Waals surface area contributed by atoms with Crippen LogP contribution in [0.25, 0.3) is 10.2 Å². The number of fused-ring (bicyclic) bond motifs is 1. The Morgan fingerprint density at radius 3 is 2.56 bits per heavy atom. The van der Waals surface area contributed by atoms with E-state index in [0.29, 0.717) is 49.9 Å². The van der Waals surface area contributed by atoms with E-state index in [2.05, 4.69) is 24.1 Å². The number of benzene rings is 1. The molecule has 2 N–H and O–H groups in total. The lowest BCUT2D eigenvalue weighted by Gasteiger charge is -2.30. The topological polar surface area (TPSA) is 96.8 Å². The van der Waals surface area contributed by atoms with Crippen LogP contribution in [-0.4, -0.2) is 48.4 Å². The van der Waals surface area contributed by atoms with Gasteiger partial charge < -0.3 is 24.8 Å². The summed E-state index contributed by atoms with van der Waals surface area (Å²) in [4.78, 5) is 25.2. The van der Waals surface area contributed by atoms with E-state index in [-0.39, 0.29) is 5.92 Å². The lowest BCUT2D eigenvalue weighted by atomic mass is 9.97. The SMILES string of the molecule is COc1ccc(CNc2nc(N3CCC(C(=O)O)CC3)nc3sc(C)c(C)c23)cc1OC. The van der Waals surface area contributed by atoms with E-state index in [1.165, 1.54) is 10.4 Å². The second kappa shape index (κ2) is 9.20. The Morgan fingerprint density at radius 2 is 1.91 bits per heavy atom. The lowest BCUT2D eigenvalue weighted by molar-refractivity contribution is -0.142. The Kier molecular flexibility index (Phi) is 6.36. The highest BCUT2D eigenvalue weighted by molar-refractivity contribution is 7.18. The first-order chi connectivity index (χ1) is 15.4. The van der Waals surface area contributed by atoms with E-state index in [0.717, 1.165) is 21.6 Å². The third-order valence-corrected chi connectivity index (χ3v) is 7.15. The minimum atomic E-state index is -0.720. The average Bonchev–Trinajstić information content (AvgIpc) is 3.10. The van der Waals surface area contributed by atoms with E-state index in [1.807, 2.05) is 18.2 Å². The fraction of sp³-hybridized carbons (Fsp3) is 0.435. The highest BCUT2D eigenvalue weighted by Gasteiger charge is 2.27. The van der Waals surface area contributed by atoms with E-state index >= 15 is 0 Å². The van der Waals surface area contributed by atoms with Gasteiger partial charge in [0.2, 0.25) is 5.95 Å². The number of aryl methyl sites for hydroxylation is 2. The molecule has 3 heterocycles. The van der Waals surface area contributed by atoms with Gasteiger partial charge in [0.05, 0.1) is 25.5 Å². The summed E-state index contributed by atoms with van der Waals surface area (Å²) in [6.45, 7) is 6.04. The molecule has 1 fully saturated rings. The van der Waals surface area contributed by atoms with Crippen LogP contribution < -0.4 is 19.7 Å². The highest BCUT2D eigenvalue weighted by Crippen LogP contribution is 2.36. The number of aliphatic carboxylic acids is 1. The summed E-state index contributed by atoms with van der Waals surface area (Å²) >= 11 is 1.66. The van der Waals surface area contributed by atoms with Gasteiger partial charge in [0.15, 0.2) is 11.5 Å². The maximum absolute atomic E-state index is 11.3. The number of carbonyl (C=O) groups is 1. The second-order valence-electron chi connectivity index (χ2n) is 7.98. The van der Waals surface area contributed by atoms with Crippen LogP contribution in [0.1, 0.15) is 28.8 Å². The smallest absolute Gasteiger partial charge is 0.306 e. The normalized spacial score (nSPS) is 14.6. The highest BCUT2D eigenvalue weighted by atomic mass is 32.1. The molecule has 0 radical (unpaired) electrons. The molecule has 170 valence electrons. The maximum Gasteiger partial charge on any atom is 0.306 e. The molecular formula is C23H28N4O4S. The van der Waals surface area contributed by atoms with E-state index in [4.69, 9.17) is 19.4 Å². The third-order valence-electron chi connectivity index (χ3n) is 6.05. The van der Waals surface area contributed by atoms with Crippen molar-refractivity contribution in [1.29, 1.82) is 0 Å². The number of methoxy groups -OCH3 is 2. The molecule has 1 aromatic carbocycles. The molecule has 32 heavy (non-hydrogen) atoms. The fourth-order valence-electron chi connectivity index (χ4n) is 4.01. The van der Waals surface area contributed by atoms with Gasteiger partial charge in [-0.3, -0.25) is 4.79 Å². The molecule has 4 rings (SSSR count). The molecule has 0 amide bonds. The summed E-state index contributed by atoms with van der Waals surface area (Å²) in [5.74, 6) is 1.81. The molecule has 3 aromatic rings. The van der Waals surface area contributed by atoms with Gasteiger partial charge in [-0.2, -0.15) is 4.98 Å². The number of thiophene rings is 1. The van der Waals surface area contributed by atoms with Gasteiger partial charge in [-0.15, -0.1) is 11.3 Å². The van der Waals surface area contributed by atoms with E-state index < -0.39 is 5.97 Å². The molecule has 8 nitrogen and oxygen atoms in total. The molecule has 0 spiro atoms. The Labute approximate surface area is 191 Å². The number of rotatable bonds is 7. The number of hydrogen-bond donors (Lipinski definition) is 2. The van der Waals surface area contributed by atoms with Gasteiger partial charge in [-0.05, 0) is 49.9 Å². The number of nitrogens with one attached hydrogen (secondary N) is 1. The standard InChI is InChI=1S/C23H28N4O4S/c1-13-14(2)32-21-19(13)20(24-12-15-5-6-17(30-3)18(11-15)31-4)25-23(26-21)27-9-7-16(8-10-27)22(28)29/h5-6,11,16H,7-10,12H2,1-4H3,(H,28,29)(H,24,25,26). The quantitative estimate of drug-likeness (QED) is 0.545. The van der Waals surface area contributed by atoms with Crippen LogP contribution in [0.4, 0.5) is 11.8 Å². The van der Waals surface area contributed by atoms with Gasteiger partial charge in [-0.25, -0.2) is 4.98 Å². The number of carboxylic acids is 1. The molecule has 1 aliphatic rings. The zero-order valence-electron chi connectivity index (χ0n) is 18.8. The summed E-state index contributed by atoms with van der Waals surface area (Å²) < 4.78 is 10.7. The first-order valence-electron chi connectivity index (χ1n) is 10.6. The molecule has 0 saturated carbocycles. The van der Waals surface area contributed by atoms with E-state index in [9.17, 15) is 9.90 Å². The van der Waals surface area contributed by atoms with Crippen molar-refractivity contribution in [3.63, 3.8) is 0 Å². The van der Waals surface area contributed by atoms with Gasteiger partial charge >= 0.3 is 5.97 Å². The van der Waals surface area contributed by atoms with Gasteiger partial charge in [-0.1, -0.05) is 6.07 Å². The second-order valence-corrected chi connectivity index (χ2v) is 9.18. The number of nitrogens with zero attached hydrogens (tertiary/aromatic N) is 3. The van der Waals surface area contributed by atoms with E-state index in [1.54, 1.807) is 25.6 Å². The molecule has 1 saturated heterocycles. The minimum Gasteiger partial charge on any atom is -0.493 e. The Bertz CT molecular complexity index is 1140. The van der Waals surface area contributed by atoms with Crippen molar-refractivity contribution in [2.75, 3.05) is 37.5 Å². The summed E-state index contributed by atoms with van der Waals surface area (Å²) in [7, 11) is 3.25. The summed E-state index contributed by atoms with van der Waals surface area (Å²) in [5, 5.41) is 13.8. The molecule has 9 heteroatoms. The number of anilines is 2. The number of carboxylic acid groups (broad SMARTS) is 1. The predicted molar refractivity (Wildman–Crippen MR) is 126 cm³/mol. The average molecular weight is 457 g/mol. The molecule has 0 bridgehead atoms. The number of ether oxygens (including phenoxy) is 2. The summed E-state index contributed by atoms with van der Waals surface area (Å²) in [5.41, 5.74) is 2.22. The van der Waals surface area contributed by atoms with Gasteiger partial charge in [0.25, 0.3) is 0 Å². The fourth-order valence-corrected chi connectivity index (χ4v) is 5.03. The Hall–Kier alpha value is -3.07. The monoisotopic (exact) mass is 456 g/mol. The van der Waals surface area contributed by atoms with Crippen molar-refractivity contribution >= 4 is 39.3 Å². The molecule has 0 aliphatic carbocycles. The van der Waals surface area contributed by atoms with Gasteiger partial charge in [0, 0.05) is 24.5 Å². The van der Waals surface area contributed by atoms with Crippen molar-refractivity contribution in [2.24, 2.45) is 5.92 Å². The maximum atomic E-state index is 11.3. The Balaban J connectivity index is 1.62. The van der Waals surface area contributed by atoms with Crippen LogP contribution in [0, 0.1) is 19.8 Å². The van der Waals surface area contributed by atoms with Crippen molar-refractivity contribution in [3.8, 4) is 11.5 Å². The molecular weight excluding hydrogens is 428 g/mol. The van der Waals surface area contributed by atoms with Crippen molar-refractivity contribution in [1.82, 2.24) is 9.97 Å². The van der Waals surface area contributed by atoms with Crippen molar-refractivity contribution in [2.45, 2.75) is 33.2 Å². The molecule has 0 atom stereocenters. The minimum absolute atomic E-state index is 0.288. The van der Waals surface area contributed by atoms with Crippen LogP contribution in [0.3, 0.4) is 0 Å². The summed E-state index contributed by atoms with van der Waals surface area (Å²) in [6, 6.07) is 5.84. The third kappa shape index (κ3) is 4.29. The lowest BCUT2D eigenvalue weighted by Crippen LogP contribution is -2.37. The zero-order chi connectivity index (χ0) is 22.8. The molecule has 1 aliphatic heterocycles. The number of piperidine rings is 1. The van der Waals surface area contributed by atoms with Crippen LogP contribution in [0.2, 0.25) is 0 Å². The first kappa shape index (κ1) is 22.1. The largest absolute Gasteiger partial charge is 0.493 e. The van der Waals surface area contributed by atoms with Crippen molar-refractivity contribution in [3.05, 3.63) is 34.2 Å². The summed E-state index contributed by atoms with van der Waals surface area (Å²) in [6.07, 6.45) is 1.21. The zero-order valence-corrected chi connectivity index (χ0v) is 19.6. The molecule has 2 aromatic heterocycles. The van der Waals surface area contributed by atoms with Crippen LogP contribution in [0.5, 0.6) is 11.5 Å². The van der Waals surface area contributed by atoms with Gasteiger partial charge in [0.1, 0.15) is 10.6 Å². The Morgan fingerprint density at radius 1 is 1.19 bits per heavy atom. The van der Waals surface area contributed by atoms with Crippen LogP contribution >= 0.6 is 11.3 Å². The number of aromatic nitrogens is 2. The number of hydrogen-bond acceptors (Lipinski definition) is 8. The predicted octanol–water partition coefficient (Wildman–Crippen LogP) is 4.24. The molecule has 0 unspecified atom stereocenters. The van der Waals surface area contributed by atoms with Crippen LogP contribution in [0.15, 0.2) is 18.2 Å².